The van der Waals surface area contributed by atoms with Crippen LogP contribution in [0, 0.1) is 11.3 Å². The first-order valence-corrected chi connectivity index (χ1v) is 8.61. The number of likely N-dealkylation sites (tertiary alicyclic amines) is 1. The normalized spacial score (nSPS) is 37.3. The fourth-order valence-electron chi connectivity index (χ4n) is 4.79. The van der Waals surface area contributed by atoms with Crippen LogP contribution in [0.3, 0.4) is 0 Å². The van der Waals surface area contributed by atoms with Crippen LogP contribution < -0.4 is 0 Å². The Kier molecular flexibility index (Phi) is 4.07. The van der Waals surface area contributed by atoms with Crippen molar-refractivity contribution in [2.75, 3.05) is 6.54 Å². The van der Waals surface area contributed by atoms with E-state index in [1.54, 1.807) is 0 Å². The van der Waals surface area contributed by atoms with Crippen molar-refractivity contribution in [3.05, 3.63) is 0 Å². The smallest absolute Gasteiger partial charge is 0.228 e. The van der Waals surface area contributed by atoms with Gasteiger partial charge in [-0.25, -0.2) is 0 Å². The van der Waals surface area contributed by atoms with E-state index in [0.29, 0.717) is 17.9 Å². The highest BCUT2D eigenvalue weighted by molar-refractivity contribution is 5.83. The minimum Gasteiger partial charge on any atom is -0.393 e. The molecule has 114 valence electrons. The second-order valence-electron chi connectivity index (χ2n) is 7.49. The largest absolute Gasteiger partial charge is 0.393 e. The minimum absolute atomic E-state index is 0.112. The lowest BCUT2D eigenvalue weighted by Crippen LogP contribution is -2.53. The Morgan fingerprint density at radius 1 is 1.05 bits per heavy atom. The van der Waals surface area contributed by atoms with Crippen molar-refractivity contribution in [1.29, 1.82) is 0 Å². The summed E-state index contributed by atoms with van der Waals surface area (Å²) < 4.78 is 0. The molecule has 0 bridgehead atoms. The van der Waals surface area contributed by atoms with E-state index >= 15 is 0 Å². The lowest BCUT2D eigenvalue weighted by molar-refractivity contribution is -0.147. The predicted molar refractivity (Wildman–Crippen MR) is 79.3 cm³/mol. The zero-order chi connectivity index (χ0) is 14.2. The number of rotatable bonds is 2. The van der Waals surface area contributed by atoms with Gasteiger partial charge in [-0.3, -0.25) is 4.79 Å². The molecule has 1 saturated heterocycles. The van der Waals surface area contributed by atoms with Crippen LogP contribution in [0.4, 0.5) is 0 Å². The quantitative estimate of drug-likeness (QED) is 0.843. The monoisotopic (exact) mass is 279 g/mol. The van der Waals surface area contributed by atoms with Crippen molar-refractivity contribution in [2.24, 2.45) is 11.3 Å². The van der Waals surface area contributed by atoms with Crippen LogP contribution in [0.15, 0.2) is 0 Å². The maximum Gasteiger partial charge on any atom is 0.228 e. The van der Waals surface area contributed by atoms with E-state index in [1.165, 1.54) is 19.3 Å². The standard InChI is InChI=1S/C17H29NO2/c1-17(10-3-4-11-17)16(20)18-12-5-2-8-14(18)13-7-6-9-15(13)19/h13-15,19H,2-12H2,1H3. The van der Waals surface area contributed by atoms with Gasteiger partial charge in [0.1, 0.15) is 0 Å². The van der Waals surface area contributed by atoms with Gasteiger partial charge in [-0.2, -0.15) is 0 Å². The molecule has 0 aromatic rings. The SMILES string of the molecule is CC1(C(=O)N2CCCCC2C2CCCC2O)CCCC1. The summed E-state index contributed by atoms with van der Waals surface area (Å²) in [5, 5.41) is 10.2. The number of hydrogen-bond donors (Lipinski definition) is 1. The Labute approximate surface area is 122 Å². The molecule has 3 fully saturated rings. The average molecular weight is 279 g/mol. The van der Waals surface area contributed by atoms with Gasteiger partial charge in [-0.15, -0.1) is 0 Å². The molecule has 0 radical (unpaired) electrons. The summed E-state index contributed by atoms with van der Waals surface area (Å²) in [7, 11) is 0. The molecule has 3 aliphatic rings. The molecule has 3 heteroatoms. The molecule has 1 aliphatic heterocycles. The van der Waals surface area contributed by atoms with Crippen molar-refractivity contribution in [2.45, 2.75) is 83.3 Å². The van der Waals surface area contributed by atoms with Gasteiger partial charge in [-0.1, -0.05) is 26.2 Å². The summed E-state index contributed by atoms with van der Waals surface area (Å²) in [6.07, 6.45) is 11.0. The zero-order valence-electron chi connectivity index (χ0n) is 12.8. The third-order valence-electron chi connectivity index (χ3n) is 6.06. The van der Waals surface area contributed by atoms with Crippen molar-refractivity contribution < 1.29 is 9.90 Å². The van der Waals surface area contributed by atoms with Crippen LogP contribution in [-0.2, 0) is 4.79 Å². The average Bonchev–Trinajstić information content (AvgIpc) is 3.08. The van der Waals surface area contributed by atoms with Crippen molar-refractivity contribution >= 4 is 5.91 Å². The number of carbonyl (C=O) groups excluding carboxylic acids is 1. The highest BCUT2D eigenvalue weighted by atomic mass is 16.3. The minimum atomic E-state index is -0.176. The van der Waals surface area contributed by atoms with Gasteiger partial charge in [-0.05, 0) is 44.9 Å². The number of carbonyl (C=O) groups is 1. The summed E-state index contributed by atoms with van der Waals surface area (Å²) in [4.78, 5) is 15.2. The maximum absolute atomic E-state index is 13.0. The van der Waals surface area contributed by atoms with Gasteiger partial charge in [0.15, 0.2) is 0 Å². The van der Waals surface area contributed by atoms with E-state index in [2.05, 4.69) is 11.8 Å². The van der Waals surface area contributed by atoms with E-state index in [9.17, 15) is 9.90 Å². The molecule has 20 heavy (non-hydrogen) atoms. The van der Waals surface area contributed by atoms with E-state index in [4.69, 9.17) is 0 Å². The van der Waals surface area contributed by atoms with Gasteiger partial charge in [0, 0.05) is 23.9 Å². The van der Waals surface area contributed by atoms with Crippen molar-refractivity contribution in [3.8, 4) is 0 Å². The first-order chi connectivity index (χ1) is 9.62. The highest BCUT2D eigenvalue weighted by Gasteiger charge is 2.45. The second-order valence-corrected chi connectivity index (χ2v) is 7.49. The Bertz CT molecular complexity index is 362. The van der Waals surface area contributed by atoms with E-state index in [-0.39, 0.29) is 11.5 Å². The molecule has 1 heterocycles. The molecule has 1 N–H and O–H groups in total. The summed E-state index contributed by atoms with van der Waals surface area (Å²) in [5.74, 6) is 0.725. The predicted octanol–water partition coefficient (Wildman–Crippen LogP) is 3.11. The highest BCUT2D eigenvalue weighted by Crippen LogP contribution is 2.42. The molecule has 3 unspecified atom stereocenters. The number of amides is 1. The van der Waals surface area contributed by atoms with Gasteiger partial charge in [0.05, 0.1) is 6.10 Å². The molecular weight excluding hydrogens is 250 g/mol. The number of nitrogens with zero attached hydrogens (tertiary/aromatic N) is 1. The van der Waals surface area contributed by atoms with Crippen LogP contribution in [0.5, 0.6) is 0 Å². The zero-order valence-corrected chi connectivity index (χ0v) is 12.8. The molecule has 0 aromatic carbocycles. The maximum atomic E-state index is 13.0. The number of aliphatic hydroxyl groups excluding tert-OH is 1. The van der Waals surface area contributed by atoms with Gasteiger partial charge in [0.25, 0.3) is 0 Å². The molecule has 3 nitrogen and oxygen atoms in total. The molecule has 0 aromatic heterocycles. The van der Waals surface area contributed by atoms with Gasteiger partial charge in [0.2, 0.25) is 5.91 Å². The number of hydrogen-bond acceptors (Lipinski definition) is 2. The van der Waals surface area contributed by atoms with Crippen LogP contribution in [0.25, 0.3) is 0 Å². The fourth-order valence-corrected chi connectivity index (χ4v) is 4.79. The van der Waals surface area contributed by atoms with Crippen molar-refractivity contribution in [1.82, 2.24) is 4.90 Å². The molecule has 3 atom stereocenters. The van der Waals surface area contributed by atoms with Crippen LogP contribution >= 0.6 is 0 Å². The van der Waals surface area contributed by atoms with E-state index in [1.807, 2.05) is 0 Å². The van der Waals surface area contributed by atoms with Crippen LogP contribution in [-0.4, -0.2) is 34.6 Å². The molecule has 2 aliphatic carbocycles. The van der Waals surface area contributed by atoms with E-state index < -0.39 is 0 Å². The third kappa shape index (κ3) is 2.49. The second kappa shape index (κ2) is 5.67. The van der Waals surface area contributed by atoms with Crippen LogP contribution in [0.2, 0.25) is 0 Å². The van der Waals surface area contributed by atoms with E-state index in [0.717, 1.165) is 51.5 Å². The topological polar surface area (TPSA) is 40.5 Å². The first-order valence-electron chi connectivity index (χ1n) is 8.61. The Balaban J connectivity index is 1.76. The van der Waals surface area contributed by atoms with Crippen molar-refractivity contribution in [3.63, 3.8) is 0 Å². The summed E-state index contributed by atoms with van der Waals surface area (Å²) in [5.41, 5.74) is -0.112. The lowest BCUT2D eigenvalue weighted by atomic mass is 9.82. The van der Waals surface area contributed by atoms with Crippen LogP contribution in [0.1, 0.15) is 71.1 Å². The molecular formula is C17H29NO2. The summed E-state index contributed by atoms with van der Waals surface area (Å²) in [6.45, 7) is 3.08. The molecule has 0 spiro atoms. The Hall–Kier alpha value is -0.570. The summed E-state index contributed by atoms with van der Waals surface area (Å²) >= 11 is 0. The molecule has 2 saturated carbocycles. The van der Waals surface area contributed by atoms with Gasteiger partial charge >= 0.3 is 0 Å². The Morgan fingerprint density at radius 3 is 2.45 bits per heavy atom. The van der Waals surface area contributed by atoms with Gasteiger partial charge < -0.3 is 10.0 Å². The lowest BCUT2D eigenvalue weighted by Gasteiger charge is -2.43. The molecule has 1 amide bonds. The summed E-state index contributed by atoms with van der Waals surface area (Å²) in [6, 6.07) is 0.311. The Morgan fingerprint density at radius 2 is 1.80 bits per heavy atom. The third-order valence-corrected chi connectivity index (χ3v) is 6.06. The first kappa shape index (κ1) is 14.4. The fraction of sp³-hybridized carbons (Fsp3) is 0.941. The molecule has 3 rings (SSSR count). The number of aliphatic hydroxyl groups is 1. The number of piperidine rings is 1.